The second kappa shape index (κ2) is 8.31. The number of carbonyl (C=O) groups is 1. The Bertz CT molecular complexity index is 640. The zero-order chi connectivity index (χ0) is 16.7. The number of aromatic nitrogens is 2. The molecule has 0 aliphatic carbocycles. The number of rotatable bonds is 8. The standard InChI is InChI=1S/C17H23N3O3/c1-4-5-6-11-15(21)19-16(17-18-12(2)23-20-17)13-9-7-8-10-14(13)22-3/h7-10,16H,4-6,11H2,1-3H3,(H,19,21)/t16-/m1/s1. The summed E-state index contributed by atoms with van der Waals surface area (Å²) in [5.74, 6) is 1.53. The maximum absolute atomic E-state index is 12.2. The number of unbranched alkanes of at least 4 members (excludes halogenated alkanes) is 2. The average Bonchev–Trinajstić information content (AvgIpc) is 2.99. The van der Waals surface area contributed by atoms with E-state index in [1.54, 1.807) is 14.0 Å². The van der Waals surface area contributed by atoms with Gasteiger partial charge in [0.1, 0.15) is 11.8 Å². The number of para-hydroxylation sites is 1. The predicted octanol–water partition coefficient (Wildman–Crippen LogP) is 3.17. The summed E-state index contributed by atoms with van der Waals surface area (Å²) in [4.78, 5) is 16.5. The molecule has 1 heterocycles. The van der Waals surface area contributed by atoms with Crippen molar-refractivity contribution in [1.29, 1.82) is 0 Å². The molecule has 0 radical (unpaired) electrons. The van der Waals surface area contributed by atoms with Crippen molar-refractivity contribution in [1.82, 2.24) is 15.5 Å². The topological polar surface area (TPSA) is 77.3 Å². The number of hydrogen-bond donors (Lipinski definition) is 1. The summed E-state index contributed by atoms with van der Waals surface area (Å²) < 4.78 is 10.5. The van der Waals surface area contributed by atoms with Crippen LogP contribution in [0.1, 0.15) is 55.9 Å². The van der Waals surface area contributed by atoms with Crippen LogP contribution in [-0.4, -0.2) is 23.2 Å². The van der Waals surface area contributed by atoms with Crippen LogP contribution >= 0.6 is 0 Å². The van der Waals surface area contributed by atoms with Gasteiger partial charge < -0.3 is 14.6 Å². The molecular formula is C17H23N3O3. The van der Waals surface area contributed by atoms with E-state index in [0.29, 0.717) is 23.9 Å². The molecule has 1 aromatic carbocycles. The van der Waals surface area contributed by atoms with Crippen LogP contribution in [-0.2, 0) is 4.79 Å². The van der Waals surface area contributed by atoms with Crippen LogP contribution in [0.25, 0.3) is 0 Å². The number of aryl methyl sites for hydroxylation is 1. The highest BCUT2D eigenvalue weighted by Crippen LogP contribution is 2.28. The summed E-state index contributed by atoms with van der Waals surface area (Å²) in [5.41, 5.74) is 0.805. The minimum Gasteiger partial charge on any atom is -0.496 e. The van der Waals surface area contributed by atoms with Crippen LogP contribution in [0.2, 0.25) is 0 Å². The highest BCUT2D eigenvalue weighted by atomic mass is 16.5. The number of benzene rings is 1. The molecule has 124 valence electrons. The Balaban J connectivity index is 2.24. The highest BCUT2D eigenvalue weighted by Gasteiger charge is 2.24. The lowest BCUT2D eigenvalue weighted by Gasteiger charge is -2.18. The van der Waals surface area contributed by atoms with Crippen molar-refractivity contribution in [2.75, 3.05) is 7.11 Å². The van der Waals surface area contributed by atoms with Gasteiger partial charge >= 0.3 is 0 Å². The third-order valence-electron chi connectivity index (χ3n) is 3.56. The molecule has 23 heavy (non-hydrogen) atoms. The van der Waals surface area contributed by atoms with Gasteiger partial charge in [-0.2, -0.15) is 4.98 Å². The quantitative estimate of drug-likeness (QED) is 0.757. The van der Waals surface area contributed by atoms with E-state index in [-0.39, 0.29) is 5.91 Å². The lowest BCUT2D eigenvalue weighted by atomic mass is 10.0. The molecular weight excluding hydrogens is 294 g/mol. The Morgan fingerprint density at radius 1 is 1.35 bits per heavy atom. The zero-order valence-corrected chi connectivity index (χ0v) is 13.8. The van der Waals surface area contributed by atoms with E-state index in [4.69, 9.17) is 9.26 Å². The molecule has 0 spiro atoms. The molecule has 0 bridgehead atoms. The van der Waals surface area contributed by atoms with Gasteiger partial charge in [-0.25, -0.2) is 0 Å². The Labute approximate surface area is 136 Å². The average molecular weight is 317 g/mol. The van der Waals surface area contributed by atoms with Crippen molar-refractivity contribution in [2.45, 2.75) is 45.6 Å². The first-order chi connectivity index (χ1) is 11.2. The number of nitrogens with one attached hydrogen (secondary N) is 1. The van der Waals surface area contributed by atoms with Crippen LogP contribution in [0.5, 0.6) is 5.75 Å². The maximum atomic E-state index is 12.2. The van der Waals surface area contributed by atoms with Gasteiger partial charge in [-0.3, -0.25) is 4.79 Å². The molecule has 1 atom stereocenters. The van der Waals surface area contributed by atoms with Gasteiger partial charge in [0, 0.05) is 18.9 Å². The molecule has 6 heteroatoms. The fourth-order valence-corrected chi connectivity index (χ4v) is 2.39. The van der Waals surface area contributed by atoms with Crippen LogP contribution in [0.4, 0.5) is 0 Å². The van der Waals surface area contributed by atoms with E-state index in [9.17, 15) is 4.79 Å². The lowest BCUT2D eigenvalue weighted by Crippen LogP contribution is -2.30. The molecule has 0 unspecified atom stereocenters. The fourth-order valence-electron chi connectivity index (χ4n) is 2.39. The largest absolute Gasteiger partial charge is 0.496 e. The van der Waals surface area contributed by atoms with E-state index in [1.807, 2.05) is 24.3 Å². The normalized spacial score (nSPS) is 12.0. The number of hydrogen-bond acceptors (Lipinski definition) is 5. The summed E-state index contributed by atoms with van der Waals surface area (Å²) in [6, 6.07) is 7.02. The van der Waals surface area contributed by atoms with Gasteiger partial charge in [-0.15, -0.1) is 0 Å². The molecule has 2 aromatic rings. The summed E-state index contributed by atoms with van der Waals surface area (Å²) in [5, 5.41) is 6.95. The Hall–Kier alpha value is -2.37. The molecule has 1 N–H and O–H groups in total. The van der Waals surface area contributed by atoms with Crippen LogP contribution in [0.15, 0.2) is 28.8 Å². The van der Waals surface area contributed by atoms with Crippen molar-refractivity contribution >= 4 is 5.91 Å². The molecule has 2 rings (SSSR count). The monoisotopic (exact) mass is 317 g/mol. The molecule has 0 aliphatic rings. The van der Waals surface area contributed by atoms with E-state index >= 15 is 0 Å². The molecule has 6 nitrogen and oxygen atoms in total. The number of nitrogens with zero attached hydrogens (tertiary/aromatic N) is 2. The van der Waals surface area contributed by atoms with Gasteiger partial charge in [-0.05, 0) is 12.5 Å². The Kier molecular flexibility index (Phi) is 6.14. The Morgan fingerprint density at radius 3 is 2.78 bits per heavy atom. The van der Waals surface area contributed by atoms with Crippen molar-refractivity contribution in [3.63, 3.8) is 0 Å². The number of methoxy groups -OCH3 is 1. The molecule has 0 fully saturated rings. The van der Waals surface area contributed by atoms with Gasteiger partial charge in [0.25, 0.3) is 0 Å². The highest BCUT2D eigenvalue weighted by molar-refractivity contribution is 5.77. The molecule has 1 aromatic heterocycles. The third kappa shape index (κ3) is 4.55. The molecule has 0 aliphatic heterocycles. The van der Waals surface area contributed by atoms with Crippen molar-refractivity contribution in [2.24, 2.45) is 0 Å². The number of amides is 1. The number of carbonyl (C=O) groups excluding carboxylic acids is 1. The maximum Gasteiger partial charge on any atom is 0.223 e. The first-order valence-electron chi connectivity index (χ1n) is 7.88. The first-order valence-corrected chi connectivity index (χ1v) is 7.88. The summed E-state index contributed by atoms with van der Waals surface area (Å²) in [6.07, 6.45) is 3.46. The minimum atomic E-state index is -0.488. The summed E-state index contributed by atoms with van der Waals surface area (Å²) >= 11 is 0. The summed E-state index contributed by atoms with van der Waals surface area (Å²) in [6.45, 7) is 3.83. The third-order valence-corrected chi connectivity index (χ3v) is 3.56. The molecule has 0 saturated carbocycles. The fraction of sp³-hybridized carbons (Fsp3) is 0.471. The van der Waals surface area contributed by atoms with Gasteiger partial charge in [0.05, 0.1) is 7.11 Å². The van der Waals surface area contributed by atoms with Crippen LogP contribution in [0.3, 0.4) is 0 Å². The predicted molar refractivity (Wildman–Crippen MR) is 86.2 cm³/mol. The second-order valence-electron chi connectivity index (χ2n) is 5.37. The van der Waals surface area contributed by atoms with Crippen LogP contribution in [0, 0.1) is 6.92 Å². The zero-order valence-electron chi connectivity index (χ0n) is 13.8. The molecule has 0 saturated heterocycles. The van der Waals surface area contributed by atoms with Crippen molar-refractivity contribution in [3.8, 4) is 5.75 Å². The van der Waals surface area contributed by atoms with Crippen molar-refractivity contribution in [3.05, 3.63) is 41.5 Å². The molecule has 1 amide bonds. The van der Waals surface area contributed by atoms with E-state index < -0.39 is 6.04 Å². The van der Waals surface area contributed by atoms with Gasteiger partial charge in [0.15, 0.2) is 5.82 Å². The summed E-state index contributed by atoms with van der Waals surface area (Å²) in [7, 11) is 1.60. The first kappa shape index (κ1) is 17.0. The number of ether oxygens (including phenoxy) is 1. The lowest BCUT2D eigenvalue weighted by molar-refractivity contribution is -0.121. The van der Waals surface area contributed by atoms with Crippen LogP contribution < -0.4 is 10.1 Å². The smallest absolute Gasteiger partial charge is 0.223 e. The van der Waals surface area contributed by atoms with E-state index in [0.717, 1.165) is 24.8 Å². The Morgan fingerprint density at radius 2 is 2.13 bits per heavy atom. The SMILES string of the molecule is CCCCCC(=O)N[C@@H](c1noc(C)n1)c1ccccc1OC. The van der Waals surface area contributed by atoms with Gasteiger partial charge in [0.2, 0.25) is 11.8 Å². The minimum absolute atomic E-state index is 0.0307. The van der Waals surface area contributed by atoms with Gasteiger partial charge in [-0.1, -0.05) is 43.1 Å². The second-order valence-corrected chi connectivity index (χ2v) is 5.37. The van der Waals surface area contributed by atoms with E-state index in [1.165, 1.54) is 0 Å². The van der Waals surface area contributed by atoms with Crippen molar-refractivity contribution < 1.29 is 14.1 Å². The van der Waals surface area contributed by atoms with E-state index in [2.05, 4.69) is 22.4 Å².